The van der Waals surface area contributed by atoms with E-state index in [0.29, 0.717) is 18.6 Å². The van der Waals surface area contributed by atoms with Crippen LogP contribution in [0.25, 0.3) is 0 Å². The average Bonchev–Trinajstić information content (AvgIpc) is 2.87. The molecule has 21 heavy (non-hydrogen) atoms. The van der Waals surface area contributed by atoms with Gasteiger partial charge in [-0.25, -0.2) is 0 Å². The lowest BCUT2D eigenvalue weighted by molar-refractivity contribution is 0.156. The van der Waals surface area contributed by atoms with Gasteiger partial charge in [0.1, 0.15) is 5.75 Å². The van der Waals surface area contributed by atoms with E-state index in [-0.39, 0.29) is 0 Å². The smallest absolute Gasteiger partial charge is 0.121 e. The molecule has 2 N–H and O–H groups in total. The Morgan fingerprint density at radius 1 is 1.43 bits per heavy atom. The highest BCUT2D eigenvalue weighted by atomic mass is 16.5. The lowest BCUT2D eigenvalue weighted by atomic mass is 10.0. The third-order valence-electron chi connectivity index (χ3n) is 4.43. The molecule has 1 fully saturated rings. The van der Waals surface area contributed by atoms with Crippen molar-refractivity contribution in [1.82, 2.24) is 9.80 Å². The Labute approximate surface area is 128 Å². The van der Waals surface area contributed by atoms with E-state index in [1.807, 2.05) is 0 Å². The number of nitrogens with two attached hydrogens (primary N) is 1. The van der Waals surface area contributed by atoms with Gasteiger partial charge in [-0.2, -0.15) is 0 Å². The number of methoxy groups -OCH3 is 1. The van der Waals surface area contributed by atoms with E-state index in [0.717, 1.165) is 18.8 Å². The third-order valence-corrected chi connectivity index (χ3v) is 4.43. The van der Waals surface area contributed by atoms with Crippen molar-refractivity contribution in [3.05, 3.63) is 29.3 Å². The first-order valence-electron chi connectivity index (χ1n) is 7.82. The van der Waals surface area contributed by atoms with Gasteiger partial charge in [0.15, 0.2) is 0 Å². The van der Waals surface area contributed by atoms with Gasteiger partial charge in [0, 0.05) is 25.2 Å². The van der Waals surface area contributed by atoms with Crippen molar-refractivity contribution in [2.45, 2.75) is 31.8 Å². The summed E-state index contributed by atoms with van der Waals surface area (Å²) in [5, 5.41) is 0. The van der Waals surface area contributed by atoms with E-state index in [2.05, 4.69) is 49.0 Å². The monoisotopic (exact) mass is 291 g/mol. The topological polar surface area (TPSA) is 41.7 Å². The normalized spacial score (nSPS) is 21.0. The van der Waals surface area contributed by atoms with Gasteiger partial charge in [0.05, 0.1) is 7.11 Å². The molecule has 0 radical (unpaired) electrons. The zero-order valence-electron chi connectivity index (χ0n) is 13.8. The zero-order valence-corrected chi connectivity index (χ0v) is 13.8. The van der Waals surface area contributed by atoms with E-state index < -0.39 is 0 Å². The van der Waals surface area contributed by atoms with Crippen molar-refractivity contribution >= 4 is 0 Å². The van der Waals surface area contributed by atoms with Crippen molar-refractivity contribution < 1.29 is 4.74 Å². The molecule has 1 saturated heterocycles. The van der Waals surface area contributed by atoms with Crippen molar-refractivity contribution in [3.63, 3.8) is 0 Å². The fourth-order valence-electron chi connectivity index (χ4n) is 3.46. The Morgan fingerprint density at radius 2 is 2.19 bits per heavy atom. The van der Waals surface area contributed by atoms with Gasteiger partial charge in [-0.15, -0.1) is 0 Å². The molecule has 0 saturated carbocycles. The first kappa shape index (κ1) is 16.3. The number of benzene rings is 1. The van der Waals surface area contributed by atoms with Crippen molar-refractivity contribution in [2.24, 2.45) is 5.73 Å². The molecule has 1 aliphatic rings. The minimum Gasteiger partial charge on any atom is -0.496 e. The van der Waals surface area contributed by atoms with Crippen LogP contribution in [0.3, 0.4) is 0 Å². The number of likely N-dealkylation sites (N-methyl/N-ethyl adjacent to an activating group) is 1. The lowest BCUT2D eigenvalue weighted by Crippen LogP contribution is -2.42. The Kier molecular flexibility index (Phi) is 5.62. The molecule has 2 atom stereocenters. The molecule has 0 amide bonds. The Balaban J connectivity index is 2.20. The number of hydrogen-bond acceptors (Lipinski definition) is 4. The first-order valence-corrected chi connectivity index (χ1v) is 7.82. The fourth-order valence-corrected chi connectivity index (χ4v) is 3.46. The predicted molar refractivity (Wildman–Crippen MR) is 87.8 cm³/mol. The second kappa shape index (κ2) is 7.25. The molecule has 1 aromatic carbocycles. The van der Waals surface area contributed by atoms with Crippen molar-refractivity contribution in [3.8, 4) is 5.75 Å². The second-order valence-electron chi connectivity index (χ2n) is 6.28. The summed E-state index contributed by atoms with van der Waals surface area (Å²) in [6.07, 6.45) is 2.54. The summed E-state index contributed by atoms with van der Waals surface area (Å²) in [5.41, 5.74) is 8.60. The number of ether oxygens (including phenoxy) is 1. The molecule has 1 heterocycles. The number of hydrogen-bond donors (Lipinski definition) is 1. The summed E-state index contributed by atoms with van der Waals surface area (Å²) in [5.74, 6) is 0.945. The molecule has 2 rings (SSSR count). The van der Waals surface area contributed by atoms with E-state index in [9.17, 15) is 0 Å². The summed E-state index contributed by atoms with van der Waals surface area (Å²) >= 11 is 0. The van der Waals surface area contributed by atoms with Gasteiger partial charge in [-0.05, 0) is 57.6 Å². The summed E-state index contributed by atoms with van der Waals surface area (Å²) in [6.45, 7) is 5.00. The molecule has 118 valence electrons. The largest absolute Gasteiger partial charge is 0.496 e. The summed E-state index contributed by atoms with van der Waals surface area (Å²) < 4.78 is 5.36. The van der Waals surface area contributed by atoms with Crippen molar-refractivity contribution in [1.29, 1.82) is 0 Å². The summed E-state index contributed by atoms with van der Waals surface area (Å²) in [6, 6.07) is 7.36. The van der Waals surface area contributed by atoms with Crippen LogP contribution in [0.4, 0.5) is 0 Å². The fraction of sp³-hybridized carbons (Fsp3) is 0.647. The summed E-state index contributed by atoms with van der Waals surface area (Å²) in [4.78, 5) is 4.86. The molecule has 4 heteroatoms. The van der Waals surface area contributed by atoms with Crippen LogP contribution in [0, 0.1) is 6.92 Å². The highest BCUT2D eigenvalue weighted by Crippen LogP contribution is 2.31. The van der Waals surface area contributed by atoms with Gasteiger partial charge < -0.3 is 15.4 Å². The maximum atomic E-state index is 6.11. The molecule has 0 aromatic heterocycles. The van der Waals surface area contributed by atoms with Crippen LogP contribution in [-0.2, 0) is 0 Å². The van der Waals surface area contributed by atoms with Gasteiger partial charge in [-0.3, -0.25) is 4.90 Å². The lowest BCUT2D eigenvalue weighted by Gasteiger charge is -2.34. The van der Waals surface area contributed by atoms with E-state index in [1.54, 1.807) is 7.11 Å². The minimum absolute atomic E-state index is 0.307. The average molecular weight is 291 g/mol. The maximum Gasteiger partial charge on any atom is 0.121 e. The quantitative estimate of drug-likeness (QED) is 0.871. The standard InChI is InChI=1S/C17H29N3O/c1-13-10-14(7-8-17(13)21-4)16(11-18)20-9-5-6-15(20)12-19(2)3/h7-8,10,15-16H,5-6,9,11-12,18H2,1-4H3. The van der Waals surface area contributed by atoms with Gasteiger partial charge in [0.25, 0.3) is 0 Å². The molecule has 0 spiro atoms. The van der Waals surface area contributed by atoms with E-state index >= 15 is 0 Å². The maximum absolute atomic E-state index is 6.11. The highest BCUT2D eigenvalue weighted by Gasteiger charge is 2.31. The molecule has 0 bridgehead atoms. The van der Waals surface area contributed by atoms with E-state index in [1.165, 1.54) is 24.0 Å². The van der Waals surface area contributed by atoms with Crippen LogP contribution in [-0.4, -0.2) is 56.7 Å². The van der Waals surface area contributed by atoms with Gasteiger partial charge in [-0.1, -0.05) is 12.1 Å². The number of rotatable bonds is 6. The van der Waals surface area contributed by atoms with Crippen LogP contribution >= 0.6 is 0 Å². The molecule has 4 nitrogen and oxygen atoms in total. The van der Waals surface area contributed by atoms with Gasteiger partial charge >= 0.3 is 0 Å². The summed E-state index contributed by atoms with van der Waals surface area (Å²) in [7, 11) is 6.01. The molecular formula is C17H29N3O. The molecule has 0 aliphatic carbocycles. The predicted octanol–water partition coefficient (Wildman–Crippen LogP) is 2.03. The number of likely N-dealkylation sites (tertiary alicyclic amines) is 1. The van der Waals surface area contributed by atoms with Crippen LogP contribution < -0.4 is 10.5 Å². The Bertz CT molecular complexity index is 461. The first-order chi connectivity index (χ1) is 10.1. The SMILES string of the molecule is COc1ccc(C(CN)N2CCCC2CN(C)C)cc1C. The van der Waals surface area contributed by atoms with Crippen LogP contribution in [0.2, 0.25) is 0 Å². The third kappa shape index (κ3) is 3.76. The molecular weight excluding hydrogens is 262 g/mol. The number of aryl methyl sites for hydroxylation is 1. The second-order valence-corrected chi connectivity index (χ2v) is 6.28. The Morgan fingerprint density at radius 3 is 2.76 bits per heavy atom. The van der Waals surface area contributed by atoms with Crippen LogP contribution in [0.1, 0.15) is 30.0 Å². The number of nitrogens with zero attached hydrogens (tertiary/aromatic N) is 2. The minimum atomic E-state index is 0.307. The van der Waals surface area contributed by atoms with E-state index in [4.69, 9.17) is 10.5 Å². The van der Waals surface area contributed by atoms with Crippen LogP contribution in [0.15, 0.2) is 18.2 Å². The van der Waals surface area contributed by atoms with Crippen molar-refractivity contribution in [2.75, 3.05) is 40.8 Å². The molecule has 2 unspecified atom stereocenters. The van der Waals surface area contributed by atoms with Crippen LogP contribution in [0.5, 0.6) is 5.75 Å². The molecule has 1 aromatic rings. The van der Waals surface area contributed by atoms with Gasteiger partial charge in [0.2, 0.25) is 0 Å². The highest BCUT2D eigenvalue weighted by molar-refractivity contribution is 5.37. The Hall–Kier alpha value is -1.10. The zero-order chi connectivity index (χ0) is 15.4. The molecule has 1 aliphatic heterocycles.